The summed E-state index contributed by atoms with van der Waals surface area (Å²) in [5.74, 6) is 0. The highest BCUT2D eigenvalue weighted by atomic mass is 32.1. The molecule has 3 heteroatoms. The van der Waals surface area contributed by atoms with Crippen molar-refractivity contribution in [1.29, 1.82) is 5.41 Å². The number of hydrogen-bond donors (Lipinski definition) is 2. The fraction of sp³-hybridized carbons (Fsp3) is 0.0526. The lowest BCUT2D eigenvalue weighted by Crippen LogP contribution is -2.01. The van der Waals surface area contributed by atoms with Crippen LogP contribution in [0.4, 0.5) is 0 Å². The van der Waals surface area contributed by atoms with E-state index in [9.17, 15) is 0 Å². The summed E-state index contributed by atoms with van der Waals surface area (Å²) >= 11 is 5.51. The first kappa shape index (κ1) is 14.4. The van der Waals surface area contributed by atoms with Gasteiger partial charge in [0.2, 0.25) is 0 Å². The molecule has 0 saturated carbocycles. The highest BCUT2D eigenvalue weighted by Gasteiger charge is 2.12. The number of rotatable bonds is 3. The minimum Gasteiger partial charge on any atom is -0.346 e. The third-order valence-corrected chi connectivity index (χ3v) is 3.88. The Morgan fingerprint density at radius 2 is 1.45 bits per heavy atom. The highest BCUT2D eigenvalue weighted by Crippen LogP contribution is 2.29. The Kier molecular flexibility index (Phi) is 3.98. The number of aromatic amines is 1. The second-order valence-electron chi connectivity index (χ2n) is 5.16. The minimum atomic E-state index is 0.472. The number of aromatic nitrogens is 1. The van der Waals surface area contributed by atoms with Crippen LogP contribution in [0.3, 0.4) is 0 Å². The molecule has 0 atom stereocenters. The molecule has 22 heavy (non-hydrogen) atoms. The Labute approximate surface area is 135 Å². The normalized spacial score (nSPS) is 10.4. The average Bonchev–Trinajstić information content (AvgIpc) is 2.55. The van der Waals surface area contributed by atoms with Gasteiger partial charge >= 0.3 is 0 Å². The quantitative estimate of drug-likeness (QED) is 0.489. The van der Waals surface area contributed by atoms with Crippen molar-refractivity contribution in [2.75, 3.05) is 0 Å². The van der Waals surface area contributed by atoms with Gasteiger partial charge in [-0.3, -0.25) is 0 Å². The van der Waals surface area contributed by atoms with Gasteiger partial charge in [-0.2, -0.15) is 0 Å². The van der Waals surface area contributed by atoms with Gasteiger partial charge < -0.3 is 10.4 Å². The zero-order chi connectivity index (χ0) is 15.5. The Hall–Kier alpha value is -2.52. The molecule has 1 heterocycles. The molecule has 2 aromatic carbocycles. The molecule has 108 valence electrons. The van der Waals surface area contributed by atoms with E-state index >= 15 is 0 Å². The standard InChI is InChI=1S/C19H16N2S/c1-13(20)18-16(14-8-4-2-5-9-14)12-17(21-19(18)22)15-10-6-3-7-11-15/h2-12,20H,1H3,(H,21,22). The predicted octanol–water partition coefficient (Wildman–Crippen LogP) is 5.47. The van der Waals surface area contributed by atoms with Crippen LogP contribution in [0, 0.1) is 10.0 Å². The molecule has 0 aliphatic rings. The number of pyridine rings is 1. The molecule has 0 radical (unpaired) electrons. The summed E-state index contributed by atoms with van der Waals surface area (Å²) in [7, 11) is 0. The third kappa shape index (κ3) is 2.76. The fourth-order valence-electron chi connectivity index (χ4n) is 2.55. The van der Waals surface area contributed by atoms with Crippen molar-refractivity contribution in [1.82, 2.24) is 4.98 Å². The molecule has 0 spiro atoms. The summed E-state index contributed by atoms with van der Waals surface area (Å²) in [5.41, 5.74) is 5.38. The molecule has 0 aliphatic carbocycles. The summed E-state index contributed by atoms with van der Waals surface area (Å²) < 4.78 is 0.604. The van der Waals surface area contributed by atoms with Gasteiger partial charge in [-0.05, 0) is 29.7 Å². The Morgan fingerprint density at radius 1 is 0.909 bits per heavy atom. The Balaban J connectivity index is 2.29. The minimum absolute atomic E-state index is 0.472. The van der Waals surface area contributed by atoms with E-state index < -0.39 is 0 Å². The van der Waals surface area contributed by atoms with E-state index in [1.165, 1.54) is 0 Å². The van der Waals surface area contributed by atoms with Crippen molar-refractivity contribution < 1.29 is 0 Å². The van der Waals surface area contributed by atoms with E-state index in [0.29, 0.717) is 10.4 Å². The lowest BCUT2D eigenvalue weighted by Gasteiger charge is -2.12. The predicted molar refractivity (Wildman–Crippen MR) is 95.0 cm³/mol. The zero-order valence-electron chi connectivity index (χ0n) is 12.3. The van der Waals surface area contributed by atoms with Gasteiger partial charge in [0.05, 0.1) is 0 Å². The first-order chi connectivity index (χ1) is 10.7. The summed E-state index contributed by atoms with van der Waals surface area (Å²) in [6.45, 7) is 1.77. The molecule has 1 aromatic heterocycles. The molecule has 3 aromatic rings. The molecule has 3 rings (SSSR count). The molecule has 0 fully saturated rings. The Morgan fingerprint density at radius 3 is 2.00 bits per heavy atom. The SMILES string of the molecule is CC(=N)c1c(-c2ccccc2)cc(-c2ccccc2)[nH]c1=S. The molecule has 0 saturated heterocycles. The van der Waals surface area contributed by atoms with Crippen molar-refractivity contribution >= 4 is 17.9 Å². The van der Waals surface area contributed by atoms with Gasteiger partial charge in [0.1, 0.15) is 4.64 Å². The van der Waals surface area contributed by atoms with Crippen LogP contribution in [-0.4, -0.2) is 10.7 Å². The first-order valence-electron chi connectivity index (χ1n) is 7.10. The lowest BCUT2D eigenvalue weighted by atomic mass is 9.97. The van der Waals surface area contributed by atoms with Crippen molar-refractivity contribution in [2.24, 2.45) is 0 Å². The van der Waals surface area contributed by atoms with Gasteiger partial charge in [-0.25, -0.2) is 0 Å². The van der Waals surface area contributed by atoms with Crippen LogP contribution < -0.4 is 0 Å². The summed E-state index contributed by atoms with van der Waals surface area (Å²) in [5, 5.41) is 8.05. The van der Waals surface area contributed by atoms with Gasteiger partial charge in [-0.1, -0.05) is 72.9 Å². The molecule has 2 nitrogen and oxygen atoms in total. The van der Waals surface area contributed by atoms with Gasteiger partial charge in [0, 0.05) is 17.0 Å². The van der Waals surface area contributed by atoms with Crippen LogP contribution in [0.5, 0.6) is 0 Å². The number of benzene rings is 2. The van der Waals surface area contributed by atoms with Crippen LogP contribution in [0.1, 0.15) is 12.5 Å². The van der Waals surface area contributed by atoms with Crippen molar-refractivity contribution in [3.63, 3.8) is 0 Å². The number of nitrogens with one attached hydrogen (secondary N) is 2. The number of hydrogen-bond acceptors (Lipinski definition) is 2. The van der Waals surface area contributed by atoms with Crippen LogP contribution in [0.15, 0.2) is 66.7 Å². The Bertz CT molecular complexity index is 865. The maximum atomic E-state index is 8.05. The van der Waals surface area contributed by atoms with Crippen LogP contribution >= 0.6 is 12.2 Å². The van der Waals surface area contributed by atoms with E-state index in [0.717, 1.165) is 27.9 Å². The van der Waals surface area contributed by atoms with E-state index in [2.05, 4.69) is 11.1 Å². The summed E-state index contributed by atoms with van der Waals surface area (Å²) in [6.07, 6.45) is 0. The van der Waals surface area contributed by atoms with E-state index in [-0.39, 0.29) is 0 Å². The monoisotopic (exact) mass is 304 g/mol. The van der Waals surface area contributed by atoms with Crippen LogP contribution in [-0.2, 0) is 0 Å². The lowest BCUT2D eigenvalue weighted by molar-refractivity contribution is 1.27. The molecule has 2 N–H and O–H groups in total. The average molecular weight is 304 g/mol. The fourth-order valence-corrected chi connectivity index (χ4v) is 2.92. The van der Waals surface area contributed by atoms with Crippen LogP contribution in [0.25, 0.3) is 22.4 Å². The van der Waals surface area contributed by atoms with Gasteiger partial charge in [0.25, 0.3) is 0 Å². The summed E-state index contributed by atoms with van der Waals surface area (Å²) in [6, 6.07) is 22.3. The molecule has 0 amide bonds. The maximum Gasteiger partial charge on any atom is 0.113 e. The van der Waals surface area contributed by atoms with E-state index in [4.69, 9.17) is 17.6 Å². The van der Waals surface area contributed by atoms with Gasteiger partial charge in [0.15, 0.2) is 0 Å². The summed E-state index contributed by atoms with van der Waals surface area (Å²) in [4.78, 5) is 3.26. The first-order valence-corrected chi connectivity index (χ1v) is 7.51. The smallest absolute Gasteiger partial charge is 0.113 e. The topological polar surface area (TPSA) is 39.6 Å². The van der Waals surface area contributed by atoms with E-state index in [1.54, 1.807) is 6.92 Å². The molecule has 0 bridgehead atoms. The van der Waals surface area contributed by atoms with Crippen molar-refractivity contribution in [2.45, 2.75) is 6.92 Å². The molecule has 0 aliphatic heterocycles. The second kappa shape index (κ2) is 6.08. The van der Waals surface area contributed by atoms with Crippen LogP contribution in [0.2, 0.25) is 0 Å². The zero-order valence-corrected chi connectivity index (χ0v) is 13.1. The molecular formula is C19H16N2S. The van der Waals surface area contributed by atoms with Gasteiger partial charge in [-0.15, -0.1) is 0 Å². The maximum absolute atomic E-state index is 8.05. The molecular weight excluding hydrogens is 288 g/mol. The largest absolute Gasteiger partial charge is 0.346 e. The second-order valence-corrected chi connectivity index (χ2v) is 5.57. The number of H-pyrrole nitrogens is 1. The molecule has 0 unspecified atom stereocenters. The third-order valence-electron chi connectivity index (χ3n) is 3.58. The highest BCUT2D eigenvalue weighted by molar-refractivity contribution is 7.71. The van der Waals surface area contributed by atoms with E-state index in [1.807, 2.05) is 60.7 Å². The van der Waals surface area contributed by atoms with Crippen molar-refractivity contribution in [3.8, 4) is 22.4 Å². The van der Waals surface area contributed by atoms with Crippen molar-refractivity contribution in [3.05, 3.63) is 76.9 Å².